The lowest BCUT2D eigenvalue weighted by Crippen LogP contribution is -2.17. The number of ether oxygens (including phenoxy) is 2. The number of carbonyl (C=O) groups excluding carboxylic acids is 2. The first-order chi connectivity index (χ1) is 13.6. The fourth-order valence-corrected chi connectivity index (χ4v) is 3.01. The lowest BCUT2D eigenvalue weighted by Gasteiger charge is -2.12. The van der Waals surface area contributed by atoms with Crippen LogP contribution >= 0.6 is 0 Å². The van der Waals surface area contributed by atoms with E-state index in [1.807, 2.05) is 24.3 Å². The number of benzene rings is 2. The van der Waals surface area contributed by atoms with Crippen molar-refractivity contribution < 1.29 is 19.1 Å². The van der Waals surface area contributed by atoms with E-state index in [-0.39, 0.29) is 17.9 Å². The van der Waals surface area contributed by atoms with Gasteiger partial charge in [-0.3, -0.25) is 9.59 Å². The summed E-state index contributed by atoms with van der Waals surface area (Å²) >= 11 is 0. The third kappa shape index (κ3) is 5.82. The fraction of sp³-hybridized carbons (Fsp3) is 0.364. The average molecular weight is 382 g/mol. The average Bonchev–Trinajstić information content (AvgIpc) is 3.25. The van der Waals surface area contributed by atoms with Crippen LogP contribution < -0.4 is 15.4 Å². The summed E-state index contributed by atoms with van der Waals surface area (Å²) in [6.07, 6.45) is 3.40. The molecule has 0 radical (unpaired) electrons. The van der Waals surface area contributed by atoms with Crippen LogP contribution in [0.4, 0.5) is 5.69 Å². The van der Waals surface area contributed by atoms with Crippen molar-refractivity contribution in [3.63, 3.8) is 0 Å². The lowest BCUT2D eigenvalue weighted by molar-refractivity contribution is -0.120. The Kier molecular flexibility index (Phi) is 7.03. The van der Waals surface area contributed by atoms with Gasteiger partial charge in [0.25, 0.3) is 5.91 Å². The number of nitrogens with one attached hydrogen (secondary N) is 2. The standard InChI is InChI=1S/C22H26N2O4/c1-23-21(25)13-6-16-4-9-18(10-5-16)24-22(26)17-7-11-19(12-8-17)28-15-20-3-2-14-27-20/h4-5,7-12,20H,2-3,6,13-15H2,1H3,(H,23,25)(H,24,26). The number of rotatable bonds is 8. The maximum Gasteiger partial charge on any atom is 0.255 e. The van der Waals surface area contributed by atoms with E-state index >= 15 is 0 Å². The summed E-state index contributed by atoms with van der Waals surface area (Å²) in [5.74, 6) is 0.567. The minimum atomic E-state index is -0.177. The summed E-state index contributed by atoms with van der Waals surface area (Å²) in [6.45, 7) is 1.35. The van der Waals surface area contributed by atoms with E-state index in [4.69, 9.17) is 9.47 Å². The van der Waals surface area contributed by atoms with Crippen LogP contribution in [0, 0.1) is 0 Å². The van der Waals surface area contributed by atoms with E-state index in [9.17, 15) is 9.59 Å². The normalized spacial score (nSPS) is 15.8. The van der Waals surface area contributed by atoms with Crippen molar-refractivity contribution in [1.82, 2.24) is 5.32 Å². The minimum Gasteiger partial charge on any atom is -0.491 e. The minimum absolute atomic E-state index is 0.0144. The molecule has 0 aliphatic carbocycles. The van der Waals surface area contributed by atoms with Crippen molar-refractivity contribution in [2.24, 2.45) is 0 Å². The van der Waals surface area contributed by atoms with E-state index in [1.54, 1.807) is 31.3 Å². The topological polar surface area (TPSA) is 76.7 Å². The zero-order valence-corrected chi connectivity index (χ0v) is 16.1. The van der Waals surface area contributed by atoms with E-state index in [2.05, 4.69) is 10.6 Å². The van der Waals surface area contributed by atoms with E-state index in [1.165, 1.54) is 0 Å². The lowest BCUT2D eigenvalue weighted by atomic mass is 10.1. The maximum atomic E-state index is 12.4. The second-order valence-electron chi connectivity index (χ2n) is 6.79. The van der Waals surface area contributed by atoms with Crippen molar-refractivity contribution in [2.75, 3.05) is 25.6 Å². The third-order valence-electron chi connectivity index (χ3n) is 4.71. The summed E-state index contributed by atoms with van der Waals surface area (Å²) in [5, 5.41) is 5.48. The SMILES string of the molecule is CNC(=O)CCc1ccc(NC(=O)c2ccc(OCC3CCCO3)cc2)cc1. The molecule has 6 heteroatoms. The third-order valence-corrected chi connectivity index (χ3v) is 4.71. The first-order valence-corrected chi connectivity index (χ1v) is 9.59. The molecule has 1 saturated heterocycles. The molecule has 2 aromatic carbocycles. The van der Waals surface area contributed by atoms with Crippen molar-refractivity contribution in [1.29, 1.82) is 0 Å². The predicted molar refractivity (Wildman–Crippen MR) is 108 cm³/mol. The second kappa shape index (κ2) is 9.90. The van der Waals surface area contributed by atoms with E-state index < -0.39 is 0 Å². The molecular formula is C22H26N2O4. The Morgan fingerprint density at radius 1 is 1.11 bits per heavy atom. The van der Waals surface area contributed by atoms with Crippen LogP contribution in [0.3, 0.4) is 0 Å². The van der Waals surface area contributed by atoms with Crippen LogP contribution in [0.1, 0.15) is 35.2 Å². The summed E-state index contributed by atoms with van der Waals surface area (Å²) in [4.78, 5) is 23.7. The molecule has 1 aliphatic heterocycles. The monoisotopic (exact) mass is 382 g/mol. The molecule has 0 aromatic heterocycles. The van der Waals surface area contributed by atoms with Gasteiger partial charge in [-0.1, -0.05) is 12.1 Å². The zero-order valence-electron chi connectivity index (χ0n) is 16.1. The molecule has 1 unspecified atom stereocenters. The van der Waals surface area contributed by atoms with Gasteiger partial charge in [0.1, 0.15) is 12.4 Å². The number of carbonyl (C=O) groups is 2. The van der Waals surface area contributed by atoms with Crippen LogP contribution in [0.25, 0.3) is 0 Å². The Hall–Kier alpha value is -2.86. The highest BCUT2D eigenvalue weighted by Gasteiger charge is 2.16. The molecule has 1 heterocycles. The van der Waals surface area contributed by atoms with Gasteiger partial charge in [-0.05, 0) is 61.2 Å². The van der Waals surface area contributed by atoms with Gasteiger partial charge in [0.05, 0.1) is 6.10 Å². The predicted octanol–water partition coefficient (Wildman–Crippen LogP) is 3.18. The Balaban J connectivity index is 1.49. The summed E-state index contributed by atoms with van der Waals surface area (Å²) in [5.41, 5.74) is 2.33. The van der Waals surface area contributed by atoms with Gasteiger partial charge in [-0.2, -0.15) is 0 Å². The summed E-state index contributed by atoms with van der Waals surface area (Å²) in [7, 11) is 1.63. The first kappa shape index (κ1) is 19.9. The van der Waals surface area contributed by atoms with Crippen molar-refractivity contribution in [3.8, 4) is 5.75 Å². The van der Waals surface area contributed by atoms with Gasteiger partial charge < -0.3 is 20.1 Å². The fourth-order valence-electron chi connectivity index (χ4n) is 3.01. The van der Waals surface area contributed by atoms with Gasteiger partial charge in [-0.25, -0.2) is 0 Å². The van der Waals surface area contributed by atoms with Crippen molar-refractivity contribution in [3.05, 3.63) is 59.7 Å². The molecule has 2 N–H and O–H groups in total. The van der Waals surface area contributed by atoms with Gasteiger partial charge in [0.2, 0.25) is 5.91 Å². The molecule has 28 heavy (non-hydrogen) atoms. The largest absolute Gasteiger partial charge is 0.491 e. The van der Waals surface area contributed by atoms with E-state index in [0.29, 0.717) is 30.7 Å². The zero-order chi connectivity index (χ0) is 19.8. The molecule has 1 atom stereocenters. The molecule has 0 saturated carbocycles. The molecule has 2 amide bonds. The van der Waals surface area contributed by atoms with Crippen LogP contribution in [0.5, 0.6) is 5.75 Å². The number of hydrogen-bond acceptors (Lipinski definition) is 4. The van der Waals surface area contributed by atoms with Crippen LogP contribution in [-0.2, 0) is 16.0 Å². The van der Waals surface area contributed by atoms with Gasteiger partial charge in [0, 0.05) is 31.3 Å². The Morgan fingerprint density at radius 2 is 1.86 bits per heavy atom. The van der Waals surface area contributed by atoms with Crippen LogP contribution in [0.15, 0.2) is 48.5 Å². The van der Waals surface area contributed by atoms with Gasteiger partial charge in [0.15, 0.2) is 0 Å². The molecule has 0 spiro atoms. The van der Waals surface area contributed by atoms with Gasteiger partial charge in [-0.15, -0.1) is 0 Å². The van der Waals surface area contributed by atoms with E-state index in [0.717, 1.165) is 30.8 Å². The highest BCUT2D eigenvalue weighted by Crippen LogP contribution is 2.18. The van der Waals surface area contributed by atoms with Crippen molar-refractivity contribution >= 4 is 17.5 Å². The van der Waals surface area contributed by atoms with Gasteiger partial charge >= 0.3 is 0 Å². The molecule has 1 aliphatic rings. The van der Waals surface area contributed by atoms with Crippen LogP contribution in [-0.4, -0.2) is 38.2 Å². The summed E-state index contributed by atoms with van der Waals surface area (Å²) in [6, 6.07) is 14.6. The first-order valence-electron chi connectivity index (χ1n) is 9.59. The Bertz CT molecular complexity index is 781. The van der Waals surface area contributed by atoms with Crippen molar-refractivity contribution in [2.45, 2.75) is 31.8 Å². The molecule has 148 valence electrons. The highest BCUT2D eigenvalue weighted by molar-refractivity contribution is 6.04. The Morgan fingerprint density at radius 3 is 2.50 bits per heavy atom. The molecule has 2 aromatic rings. The Labute approximate surface area is 165 Å². The molecule has 3 rings (SSSR count). The molecular weight excluding hydrogens is 356 g/mol. The van der Waals surface area contributed by atoms with Crippen LogP contribution in [0.2, 0.25) is 0 Å². The second-order valence-corrected chi connectivity index (χ2v) is 6.79. The molecule has 6 nitrogen and oxygen atoms in total. The molecule has 0 bridgehead atoms. The number of hydrogen-bond donors (Lipinski definition) is 2. The number of amides is 2. The number of anilines is 1. The molecule has 1 fully saturated rings. The quantitative estimate of drug-likeness (QED) is 0.735. The summed E-state index contributed by atoms with van der Waals surface area (Å²) < 4.78 is 11.3. The smallest absolute Gasteiger partial charge is 0.255 e. The highest BCUT2D eigenvalue weighted by atomic mass is 16.5. The number of aryl methyl sites for hydroxylation is 1. The maximum absolute atomic E-state index is 12.4.